The first-order valence-corrected chi connectivity index (χ1v) is 5.23. The monoisotopic (exact) mass is 222 g/mol. The van der Waals surface area contributed by atoms with E-state index in [0.29, 0.717) is 12.1 Å². The molecular weight excluding hydrogens is 204 g/mol. The zero-order chi connectivity index (χ0) is 12.0. The van der Waals surface area contributed by atoms with Crippen LogP contribution in [0.15, 0.2) is 24.3 Å². The number of nitrogens with one attached hydrogen (secondary N) is 1. The van der Waals surface area contributed by atoms with Crippen LogP contribution >= 0.6 is 0 Å². The molecule has 0 aliphatic carbocycles. The topological polar surface area (TPSA) is 41.6 Å². The van der Waals surface area contributed by atoms with Gasteiger partial charge in [-0.15, -0.1) is 0 Å². The standard InChI is InChI=1S/C12H18N2O2/c1-13-8-9-14(2)12(15)10-4-6-11(16-3)7-5-10/h4-7,13H,8-9H2,1-3H3. The first-order valence-electron chi connectivity index (χ1n) is 5.23. The summed E-state index contributed by atoms with van der Waals surface area (Å²) in [4.78, 5) is 13.6. The van der Waals surface area contributed by atoms with Crippen molar-refractivity contribution in [3.8, 4) is 5.75 Å². The van der Waals surface area contributed by atoms with Gasteiger partial charge in [-0.3, -0.25) is 4.79 Å². The molecule has 88 valence electrons. The third-order valence-electron chi connectivity index (χ3n) is 2.38. The molecule has 0 unspecified atom stereocenters. The second kappa shape index (κ2) is 6.12. The van der Waals surface area contributed by atoms with Crippen LogP contribution < -0.4 is 10.1 Å². The summed E-state index contributed by atoms with van der Waals surface area (Å²) in [6.45, 7) is 1.49. The number of nitrogens with zero attached hydrogens (tertiary/aromatic N) is 1. The molecule has 1 amide bonds. The highest BCUT2D eigenvalue weighted by atomic mass is 16.5. The minimum Gasteiger partial charge on any atom is -0.497 e. The minimum atomic E-state index is 0.0258. The van der Waals surface area contributed by atoms with Gasteiger partial charge < -0.3 is 15.0 Å². The lowest BCUT2D eigenvalue weighted by Gasteiger charge is -2.16. The second-order valence-corrected chi connectivity index (χ2v) is 3.56. The molecule has 1 N–H and O–H groups in total. The summed E-state index contributed by atoms with van der Waals surface area (Å²) >= 11 is 0. The molecule has 0 fully saturated rings. The smallest absolute Gasteiger partial charge is 0.253 e. The lowest BCUT2D eigenvalue weighted by Crippen LogP contribution is -2.32. The highest BCUT2D eigenvalue weighted by Gasteiger charge is 2.10. The third kappa shape index (κ3) is 3.24. The molecule has 16 heavy (non-hydrogen) atoms. The fourth-order valence-corrected chi connectivity index (χ4v) is 1.34. The van der Waals surface area contributed by atoms with Gasteiger partial charge in [-0.2, -0.15) is 0 Å². The molecule has 1 rings (SSSR count). The van der Waals surface area contributed by atoms with E-state index in [1.807, 2.05) is 7.05 Å². The highest BCUT2D eigenvalue weighted by Crippen LogP contribution is 2.12. The summed E-state index contributed by atoms with van der Waals surface area (Å²) in [5.41, 5.74) is 0.680. The van der Waals surface area contributed by atoms with Gasteiger partial charge in [0.25, 0.3) is 5.91 Å². The molecule has 0 saturated carbocycles. The van der Waals surface area contributed by atoms with E-state index in [-0.39, 0.29) is 5.91 Å². The van der Waals surface area contributed by atoms with Crippen molar-refractivity contribution in [3.05, 3.63) is 29.8 Å². The summed E-state index contributed by atoms with van der Waals surface area (Å²) in [5, 5.41) is 3.01. The third-order valence-corrected chi connectivity index (χ3v) is 2.38. The molecular formula is C12H18N2O2. The fraction of sp³-hybridized carbons (Fsp3) is 0.417. The van der Waals surface area contributed by atoms with E-state index in [2.05, 4.69) is 5.32 Å². The van der Waals surface area contributed by atoms with Crippen molar-refractivity contribution in [1.82, 2.24) is 10.2 Å². The fourth-order valence-electron chi connectivity index (χ4n) is 1.34. The number of benzene rings is 1. The van der Waals surface area contributed by atoms with Crippen molar-refractivity contribution in [2.24, 2.45) is 0 Å². The molecule has 4 heteroatoms. The SMILES string of the molecule is CNCCN(C)C(=O)c1ccc(OC)cc1. The van der Waals surface area contributed by atoms with Crippen molar-refractivity contribution in [2.75, 3.05) is 34.3 Å². The predicted octanol–water partition coefficient (Wildman–Crippen LogP) is 0.987. The Morgan fingerprint density at radius 2 is 2.00 bits per heavy atom. The van der Waals surface area contributed by atoms with Crippen LogP contribution in [0.3, 0.4) is 0 Å². The number of carbonyl (C=O) groups is 1. The molecule has 1 aromatic carbocycles. The van der Waals surface area contributed by atoms with Crippen LogP contribution in [-0.4, -0.2) is 45.1 Å². The van der Waals surface area contributed by atoms with E-state index < -0.39 is 0 Å². The van der Waals surface area contributed by atoms with E-state index in [0.717, 1.165) is 12.3 Å². The average Bonchev–Trinajstić information content (AvgIpc) is 2.35. The van der Waals surface area contributed by atoms with Gasteiger partial charge in [-0.1, -0.05) is 0 Å². The maximum Gasteiger partial charge on any atom is 0.253 e. The van der Waals surface area contributed by atoms with E-state index >= 15 is 0 Å². The van der Waals surface area contributed by atoms with Gasteiger partial charge in [0, 0.05) is 25.7 Å². The Balaban J connectivity index is 2.64. The minimum absolute atomic E-state index is 0.0258. The first kappa shape index (κ1) is 12.5. The Morgan fingerprint density at radius 1 is 1.38 bits per heavy atom. The normalized spacial score (nSPS) is 9.94. The summed E-state index contributed by atoms with van der Waals surface area (Å²) in [7, 11) is 5.27. The zero-order valence-corrected chi connectivity index (χ0v) is 9.99. The first-order chi connectivity index (χ1) is 7.69. The maximum absolute atomic E-state index is 11.9. The molecule has 0 heterocycles. The van der Waals surface area contributed by atoms with Crippen LogP contribution in [0.2, 0.25) is 0 Å². The van der Waals surface area contributed by atoms with Crippen molar-refractivity contribution in [3.63, 3.8) is 0 Å². The Labute approximate surface area is 96.2 Å². The molecule has 0 aromatic heterocycles. The predicted molar refractivity (Wildman–Crippen MR) is 63.9 cm³/mol. The Kier molecular flexibility index (Phi) is 4.79. The van der Waals surface area contributed by atoms with Gasteiger partial charge in [-0.25, -0.2) is 0 Å². The number of likely N-dealkylation sites (N-methyl/N-ethyl adjacent to an activating group) is 2. The maximum atomic E-state index is 11.9. The van der Waals surface area contributed by atoms with E-state index in [1.165, 1.54) is 0 Å². The van der Waals surface area contributed by atoms with E-state index in [9.17, 15) is 4.79 Å². The van der Waals surface area contributed by atoms with E-state index in [4.69, 9.17) is 4.74 Å². The largest absolute Gasteiger partial charge is 0.497 e. The number of rotatable bonds is 5. The molecule has 0 spiro atoms. The van der Waals surface area contributed by atoms with Crippen molar-refractivity contribution < 1.29 is 9.53 Å². The zero-order valence-electron chi connectivity index (χ0n) is 9.99. The van der Waals surface area contributed by atoms with Crippen LogP contribution in [-0.2, 0) is 0 Å². The van der Waals surface area contributed by atoms with Gasteiger partial charge in [0.15, 0.2) is 0 Å². The lowest BCUT2D eigenvalue weighted by atomic mass is 10.2. The number of amides is 1. The van der Waals surface area contributed by atoms with Gasteiger partial charge in [-0.05, 0) is 31.3 Å². The molecule has 0 radical (unpaired) electrons. The number of carbonyl (C=O) groups excluding carboxylic acids is 1. The van der Waals surface area contributed by atoms with Crippen molar-refractivity contribution in [2.45, 2.75) is 0 Å². The van der Waals surface area contributed by atoms with Gasteiger partial charge in [0.2, 0.25) is 0 Å². The quantitative estimate of drug-likeness (QED) is 0.807. The van der Waals surface area contributed by atoms with Gasteiger partial charge in [0.1, 0.15) is 5.75 Å². The molecule has 0 aliphatic heterocycles. The summed E-state index contributed by atoms with van der Waals surface area (Å²) in [6.07, 6.45) is 0. The number of hydrogen-bond donors (Lipinski definition) is 1. The molecule has 0 saturated heterocycles. The van der Waals surface area contributed by atoms with Crippen LogP contribution in [0.1, 0.15) is 10.4 Å². The molecule has 0 aliphatic rings. The molecule has 0 atom stereocenters. The molecule has 0 bridgehead atoms. The van der Waals surface area contributed by atoms with Crippen LogP contribution in [0.25, 0.3) is 0 Å². The number of hydrogen-bond acceptors (Lipinski definition) is 3. The lowest BCUT2D eigenvalue weighted by molar-refractivity contribution is 0.0797. The highest BCUT2D eigenvalue weighted by molar-refractivity contribution is 5.94. The second-order valence-electron chi connectivity index (χ2n) is 3.56. The molecule has 4 nitrogen and oxygen atoms in total. The van der Waals surface area contributed by atoms with E-state index in [1.54, 1.807) is 43.3 Å². The van der Waals surface area contributed by atoms with Gasteiger partial charge in [0.05, 0.1) is 7.11 Å². The van der Waals surface area contributed by atoms with Crippen LogP contribution in [0.5, 0.6) is 5.75 Å². The van der Waals surface area contributed by atoms with Crippen molar-refractivity contribution >= 4 is 5.91 Å². The summed E-state index contributed by atoms with van der Waals surface area (Å²) in [6, 6.07) is 7.13. The Hall–Kier alpha value is -1.55. The average molecular weight is 222 g/mol. The summed E-state index contributed by atoms with van der Waals surface area (Å²) < 4.78 is 5.04. The molecule has 1 aromatic rings. The number of ether oxygens (including phenoxy) is 1. The number of methoxy groups -OCH3 is 1. The summed E-state index contributed by atoms with van der Waals surface area (Å²) in [5.74, 6) is 0.785. The van der Waals surface area contributed by atoms with Gasteiger partial charge >= 0.3 is 0 Å². The van der Waals surface area contributed by atoms with Crippen LogP contribution in [0.4, 0.5) is 0 Å². The Bertz CT molecular complexity index is 335. The Morgan fingerprint density at radius 3 is 2.50 bits per heavy atom. The van der Waals surface area contributed by atoms with Crippen molar-refractivity contribution in [1.29, 1.82) is 0 Å². The van der Waals surface area contributed by atoms with Crippen LogP contribution in [0, 0.1) is 0 Å².